The highest BCUT2D eigenvalue weighted by Crippen LogP contribution is 2.21. The number of carbonyl (C=O) groups is 2. The zero-order valence-electron chi connectivity index (χ0n) is 10.9. The van der Waals surface area contributed by atoms with Crippen LogP contribution in [0.3, 0.4) is 0 Å². The number of epoxide rings is 1. The molecule has 0 radical (unpaired) electrons. The molecule has 1 aliphatic rings. The highest BCUT2D eigenvalue weighted by molar-refractivity contribution is 5.69. The molecule has 0 saturated carbocycles. The van der Waals surface area contributed by atoms with Gasteiger partial charge in [0.15, 0.2) is 0 Å². The van der Waals surface area contributed by atoms with Crippen molar-refractivity contribution in [3.8, 4) is 0 Å². The molecule has 5 nitrogen and oxygen atoms in total. The number of carboxylic acid groups (broad SMARTS) is 1. The van der Waals surface area contributed by atoms with Gasteiger partial charge in [-0.15, -0.1) is 0 Å². The molecule has 2 atom stereocenters. The van der Waals surface area contributed by atoms with Gasteiger partial charge in [-0.3, -0.25) is 9.59 Å². The first kappa shape index (κ1) is 15.0. The SMILES string of the molecule is CC1OC1COC(=O)CCCCCCCC(=O)O. The van der Waals surface area contributed by atoms with Crippen LogP contribution in [0.2, 0.25) is 0 Å². The van der Waals surface area contributed by atoms with Crippen LogP contribution in [0.5, 0.6) is 0 Å². The van der Waals surface area contributed by atoms with Crippen LogP contribution in [0.1, 0.15) is 51.9 Å². The van der Waals surface area contributed by atoms with Gasteiger partial charge in [-0.05, 0) is 19.8 Å². The maximum absolute atomic E-state index is 11.3. The first-order chi connectivity index (χ1) is 8.59. The van der Waals surface area contributed by atoms with Gasteiger partial charge in [-0.2, -0.15) is 0 Å². The van der Waals surface area contributed by atoms with E-state index in [0.717, 1.165) is 32.1 Å². The summed E-state index contributed by atoms with van der Waals surface area (Å²) in [6.45, 7) is 2.33. The summed E-state index contributed by atoms with van der Waals surface area (Å²) in [5, 5.41) is 8.45. The van der Waals surface area contributed by atoms with Gasteiger partial charge in [0.05, 0.1) is 6.10 Å². The smallest absolute Gasteiger partial charge is 0.305 e. The Kier molecular flexibility index (Phi) is 6.72. The maximum Gasteiger partial charge on any atom is 0.305 e. The van der Waals surface area contributed by atoms with Crippen molar-refractivity contribution in [3.63, 3.8) is 0 Å². The number of esters is 1. The van der Waals surface area contributed by atoms with E-state index in [4.69, 9.17) is 14.6 Å². The van der Waals surface area contributed by atoms with Crippen molar-refractivity contribution in [2.45, 2.75) is 64.1 Å². The molecule has 2 unspecified atom stereocenters. The topological polar surface area (TPSA) is 76.1 Å². The van der Waals surface area contributed by atoms with Crippen molar-refractivity contribution in [1.82, 2.24) is 0 Å². The summed E-state index contributed by atoms with van der Waals surface area (Å²) in [5.41, 5.74) is 0. The number of aliphatic carboxylic acids is 1. The predicted molar refractivity (Wildman–Crippen MR) is 65.2 cm³/mol. The van der Waals surface area contributed by atoms with Crippen molar-refractivity contribution >= 4 is 11.9 Å². The molecule has 0 amide bonds. The van der Waals surface area contributed by atoms with Gasteiger partial charge in [0.2, 0.25) is 0 Å². The number of carbonyl (C=O) groups excluding carboxylic acids is 1. The second-order valence-corrected chi connectivity index (χ2v) is 4.72. The lowest BCUT2D eigenvalue weighted by atomic mass is 10.1. The lowest BCUT2D eigenvalue weighted by Gasteiger charge is -2.03. The molecule has 1 fully saturated rings. The lowest BCUT2D eigenvalue weighted by molar-refractivity contribution is -0.144. The van der Waals surface area contributed by atoms with E-state index in [0.29, 0.717) is 13.0 Å². The average molecular weight is 258 g/mol. The van der Waals surface area contributed by atoms with Crippen molar-refractivity contribution in [3.05, 3.63) is 0 Å². The van der Waals surface area contributed by atoms with Crippen LogP contribution in [-0.4, -0.2) is 35.9 Å². The van der Waals surface area contributed by atoms with Crippen molar-refractivity contribution in [2.75, 3.05) is 6.61 Å². The van der Waals surface area contributed by atoms with Crippen LogP contribution in [0.25, 0.3) is 0 Å². The Morgan fingerprint density at radius 3 is 2.22 bits per heavy atom. The number of hydrogen-bond donors (Lipinski definition) is 1. The van der Waals surface area contributed by atoms with Gasteiger partial charge in [0, 0.05) is 12.8 Å². The van der Waals surface area contributed by atoms with Crippen LogP contribution in [0.4, 0.5) is 0 Å². The van der Waals surface area contributed by atoms with Gasteiger partial charge in [0.25, 0.3) is 0 Å². The number of unbranched alkanes of at least 4 members (excludes halogenated alkanes) is 4. The minimum atomic E-state index is -0.741. The zero-order valence-corrected chi connectivity index (χ0v) is 10.9. The molecule has 0 aliphatic carbocycles. The molecule has 0 bridgehead atoms. The van der Waals surface area contributed by atoms with E-state index < -0.39 is 5.97 Å². The van der Waals surface area contributed by atoms with Crippen LogP contribution in [0, 0.1) is 0 Å². The molecular weight excluding hydrogens is 236 g/mol. The van der Waals surface area contributed by atoms with E-state index in [1.165, 1.54) is 0 Å². The largest absolute Gasteiger partial charge is 0.481 e. The first-order valence-electron chi connectivity index (χ1n) is 6.62. The molecule has 0 aromatic carbocycles. The van der Waals surface area contributed by atoms with Crippen LogP contribution < -0.4 is 0 Å². The Morgan fingerprint density at radius 2 is 1.67 bits per heavy atom. The summed E-state index contributed by atoms with van der Waals surface area (Å²) in [5.74, 6) is -0.904. The summed E-state index contributed by atoms with van der Waals surface area (Å²) < 4.78 is 10.2. The average Bonchev–Trinajstić information content (AvgIpc) is 3.01. The molecule has 18 heavy (non-hydrogen) atoms. The Morgan fingerprint density at radius 1 is 1.11 bits per heavy atom. The number of rotatable bonds is 10. The second kappa shape index (κ2) is 8.08. The summed E-state index contributed by atoms with van der Waals surface area (Å²) in [6, 6.07) is 0. The molecule has 1 N–H and O–H groups in total. The van der Waals surface area contributed by atoms with Gasteiger partial charge >= 0.3 is 11.9 Å². The van der Waals surface area contributed by atoms with E-state index in [1.54, 1.807) is 0 Å². The van der Waals surface area contributed by atoms with E-state index >= 15 is 0 Å². The highest BCUT2D eigenvalue weighted by atomic mass is 16.6. The fourth-order valence-corrected chi connectivity index (χ4v) is 1.73. The third-order valence-corrected chi connectivity index (χ3v) is 3.02. The number of hydrogen-bond acceptors (Lipinski definition) is 4. The molecule has 1 saturated heterocycles. The van der Waals surface area contributed by atoms with Crippen molar-refractivity contribution in [2.24, 2.45) is 0 Å². The fourth-order valence-electron chi connectivity index (χ4n) is 1.73. The molecule has 1 rings (SSSR count). The minimum absolute atomic E-state index is 0.102. The Hall–Kier alpha value is -1.10. The third kappa shape index (κ3) is 7.27. The van der Waals surface area contributed by atoms with Gasteiger partial charge < -0.3 is 14.6 Å². The normalized spacial score (nSPS) is 21.6. The van der Waals surface area contributed by atoms with Gasteiger partial charge in [-0.25, -0.2) is 0 Å². The summed E-state index contributed by atoms with van der Waals surface area (Å²) >= 11 is 0. The molecular formula is C13H22O5. The molecule has 5 heteroatoms. The second-order valence-electron chi connectivity index (χ2n) is 4.72. The zero-order chi connectivity index (χ0) is 13.4. The maximum atomic E-state index is 11.3. The first-order valence-corrected chi connectivity index (χ1v) is 6.62. The van der Waals surface area contributed by atoms with Gasteiger partial charge in [0.1, 0.15) is 12.7 Å². The van der Waals surface area contributed by atoms with Crippen molar-refractivity contribution in [1.29, 1.82) is 0 Å². The molecule has 0 aromatic rings. The quantitative estimate of drug-likeness (QED) is 0.369. The summed E-state index contributed by atoms with van der Waals surface area (Å²) in [6.07, 6.45) is 5.38. The number of carboxylic acids is 1. The van der Waals surface area contributed by atoms with E-state index in [9.17, 15) is 9.59 Å². The van der Waals surface area contributed by atoms with Gasteiger partial charge in [-0.1, -0.05) is 19.3 Å². The van der Waals surface area contributed by atoms with E-state index in [-0.39, 0.29) is 24.6 Å². The number of ether oxygens (including phenoxy) is 2. The van der Waals surface area contributed by atoms with E-state index in [2.05, 4.69) is 0 Å². The molecule has 1 aliphatic heterocycles. The molecule has 0 spiro atoms. The van der Waals surface area contributed by atoms with Crippen LogP contribution in [-0.2, 0) is 19.1 Å². The monoisotopic (exact) mass is 258 g/mol. The summed E-state index contributed by atoms with van der Waals surface area (Å²) in [7, 11) is 0. The minimum Gasteiger partial charge on any atom is -0.481 e. The standard InChI is InChI=1S/C13H22O5/c1-10-11(18-10)9-17-13(16)8-6-4-2-3-5-7-12(14)15/h10-11H,2-9H2,1H3,(H,14,15). The van der Waals surface area contributed by atoms with E-state index in [1.807, 2.05) is 6.92 Å². The Labute approximate surface area is 107 Å². The molecule has 1 heterocycles. The Bertz CT molecular complexity index is 277. The Balaban J connectivity index is 1.82. The highest BCUT2D eigenvalue weighted by Gasteiger charge is 2.35. The fraction of sp³-hybridized carbons (Fsp3) is 0.846. The predicted octanol–water partition coefficient (Wildman–Crippen LogP) is 2.13. The molecule has 104 valence electrons. The van der Waals surface area contributed by atoms with Crippen LogP contribution >= 0.6 is 0 Å². The van der Waals surface area contributed by atoms with Crippen LogP contribution in [0.15, 0.2) is 0 Å². The molecule has 0 aromatic heterocycles. The lowest BCUT2D eigenvalue weighted by Crippen LogP contribution is -2.10. The van der Waals surface area contributed by atoms with Crippen molar-refractivity contribution < 1.29 is 24.2 Å². The third-order valence-electron chi connectivity index (χ3n) is 3.02. The summed E-state index contributed by atoms with van der Waals surface area (Å²) in [4.78, 5) is 21.6.